The highest BCUT2D eigenvalue weighted by Gasteiger charge is 2.30. The minimum Gasteiger partial charge on any atom is -0.456 e. The molecule has 2 aliphatic rings. The number of nitrogens with zero attached hydrogens (tertiary/aromatic N) is 1. The molecule has 0 N–H and O–H groups in total. The van der Waals surface area contributed by atoms with Crippen molar-refractivity contribution in [1.29, 1.82) is 0 Å². The maximum Gasteiger partial charge on any atom is 0.311 e. The van der Waals surface area contributed by atoms with Crippen molar-refractivity contribution in [3.63, 3.8) is 0 Å². The third-order valence-electron chi connectivity index (χ3n) is 4.40. The summed E-state index contributed by atoms with van der Waals surface area (Å²) in [5, 5.41) is 0. The first-order valence-corrected chi connectivity index (χ1v) is 7.98. The van der Waals surface area contributed by atoms with Crippen LogP contribution in [0.25, 0.3) is 0 Å². The van der Waals surface area contributed by atoms with E-state index in [2.05, 4.69) is 17.9 Å². The standard InChI is InChI=1S/C17H29NO2/c1-13-7-5-8-14(11-13)18-10-6-9-15(12-18)20-16(19)17(2,3)4/h6,9,13-15H,5,7-8,10-12H2,1-4H3/t13?,14?,15-/m0/s1. The van der Waals surface area contributed by atoms with Crippen molar-refractivity contribution in [2.24, 2.45) is 11.3 Å². The van der Waals surface area contributed by atoms with Gasteiger partial charge in [-0.15, -0.1) is 0 Å². The normalized spacial score (nSPS) is 32.1. The van der Waals surface area contributed by atoms with Gasteiger partial charge in [0.15, 0.2) is 0 Å². The molecule has 114 valence electrons. The lowest BCUT2D eigenvalue weighted by Crippen LogP contribution is -2.46. The molecule has 1 fully saturated rings. The lowest BCUT2D eigenvalue weighted by Gasteiger charge is -2.39. The van der Waals surface area contributed by atoms with E-state index in [0.29, 0.717) is 6.04 Å². The van der Waals surface area contributed by atoms with Gasteiger partial charge in [0.05, 0.1) is 5.41 Å². The van der Waals surface area contributed by atoms with Crippen molar-refractivity contribution in [1.82, 2.24) is 4.90 Å². The molecule has 3 heteroatoms. The Morgan fingerprint density at radius 2 is 2.05 bits per heavy atom. The highest BCUT2D eigenvalue weighted by Crippen LogP contribution is 2.28. The number of esters is 1. The van der Waals surface area contributed by atoms with Crippen LogP contribution >= 0.6 is 0 Å². The van der Waals surface area contributed by atoms with Crippen LogP contribution in [0, 0.1) is 11.3 Å². The summed E-state index contributed by atoms with van der Waals surface area (Å²) in [5.41, 5.74) is -0.421. The molecule has 3 atom stereocenters. The molecular formula is C17H29NO2. The Bertz CT molecular complexity index is 370. The van der Waals surface area contributed by atoms with E-state index in [4.69, 9.17) is 4.74 Å². The highest BCUT2D eigenvalue weighted by atomic mass is 16.5. The zero-order chi connectivity index (χ0) is 14.8. The Kier molecular flexibility index (Phi) is 4.90. The molecule has 2 rings (SSSR count). The summed E-state index contributed by atoms with van der Waals surface area (Å²) in [6.07, 6.45) is 9.40. The summed E-state index contributed by atoms with van der Waals surface area (Å²) in [4.78, 5) is 14.5. The largest absolute Gasteiger partial charge is 0.456 e. The maximum absolute atomic E-state index is 12.0. The van der Waals surface area contributed by atoms with Crippen molar-refractivity contribution < 1.29 is 9.53 Å². The second-order valence-corrected chi connectivity index (χ2v) is 7.50. The van der Waals surface area contributed by atoms with Gasteiger partial charge in [-0.2, -0.15) is 0 Å². The Morgan fingerprint density at radius 1 is 1.30 bits per heavy atom. The van der Waals surface area contributed by atoms with Gasteiger partial charge in [-0.1, -0.05) is 25.8 Å². The molecule has 0 radical (unpaired) electrons. The van der Waals surface area contributed by atoms with Gasteiger partial charge in [-0.05, 0) is 45.6 Å². The third-order valence-corrected chi connectivity index (χ3v) is 4.40. The van der Waals surface area contributed by atoms with E-state index in [1.165, 1.54) is 25.7 Å². The molecule has 0 bridgehead atoms. The van der Waals surface area contributed by atoms with Crippen LogP contribution in [0.3, 0.4) is 0 Å². The molecule has 1 heterocycles. The molecule has 1 aliphatic carbocycles. The molecule has 0 aromatic heterocycles. The lowest BCUT2D eigenvalue weighted by atomic mass is 9.86. The van der Waals surface area contributed by atoms with Gasteiger partial charge in [0.2, 0.25) is 0 Å². The van der Waals surface area contributed by atoms with Gasteiger partial charge < -0.3 is 4.74 Å². The number of hydrogen-bond acceptors (Lipinski definition) is 3. The zero-order valence-electron chi connectivity index (χ0n) is 13.4. The van der Waals surface area contributed by atoms with Crippen molar-refractivity contribution in [3.8, 4) is 0 Å². The van der Waals surface area contributed by atoms with E-state index in [0.717, 1.165) is 19.0 Å². The fourth-order valence-electron chi connectivity index (χ4n) is 3.14. The summed E-state index contributed by atoms with van der Waals surface area (Å²) >= 11 is 0. The predicted molar refractivity (Wildman–Crippen MR) is 81.5 cm³/mol. The van der Waals surface area contributed by atoms with Crippen molar-refractivity contribution in [3.05, 3.63) is 12.2 Å². The van der Waals surface area contributed by atoms with E-state index < -0.39 is 5.41 Å². The van der Waals surface area contributed by atoms with E-state index in [1.54, 1.807) is 0 Å². The van der Waals surface area contributed by atoms with Crippen LogP contribution in [0.2, 0.25) is 0 Å². The Balaban J connectivity index is 1.90. The molecule has 2 unspecified atom stereocenters. The molecule has 0 aromatic carbocycles. The van der Waals surface area contributed by atoms with E-state index in [9.17, 15) is 4.79 Å². The molecule has 3 nitrogen and oxygen atoms in total. The van der Waals surface area contributed by atoms with Crippen molar-refractivity contribution in [2.45, 2.75) is 65.5 Å². The van der Waals surface area contributed by atoms with Crippen LogP contribution in [0.4, 0.5) is 0 Å². The number of carbonyl (C=O) groups is 1. The minimum absolute atomic E-state index is 0.0762. The van der Waals surface area contributed by atoms with Gasteiger partial charge in [0.25, 0.3) is 0 Å². The van der Waals surface area contributed by atoms with Crippen LogP contribution in [0.1, 0.15) is 53.4 Å². The molecule has 0 saturated heterocycles. The zero-order valence-corrected chi connectivity index (χ0v) is 13.4. The summed E-state index contributed by atoms with van der Waals surface area (Å²) in [6, 6.07) is 0.666. The SMILES string of the molecule is CC1CCCC(N2CC=C[C@H](OC(=O)C(C)(C)C)C2)C1. The third kappa shape index (κ3) is 4.08. The van der Waals surface area contributed by atoms with Gasteiger partial charge >= 0.3 is 5.97 Å². The molecule has 0 amide bonds. The number of hydrogen-bond donors (Lipinski definition) is 0. The molecule has 0 aromatic rings. The summed E-state index contributed by atoms with van der Waals surface area (Å²) < 4.78 is 5.64. The summed E-state index contributed by atoms with van der Waals surface area (Å²) in [6.45, 7) is 9.92. The maximum atomic E-state index is 12.0. The minimum atomic E-state index is -0.421. The fraction of sp³-hybridized carbons (Fsp3) is 0.824. The monoisotopic (exact) mass is 279 g/mol. The van der Waals surface area contributed by atoms with E-state index >= 15 is 0 Å². The number of ether oxygens (including phenoxy) is 1. The summed E-state index contributed by atoms with van der Waals surface area (Å²) in [7, 11) is 0. The molecule has 20 heavy (non-hydrogen) atoms. The van der Waals surface area contributed by atoms with E-state index in [1.807, 2.05) is 26.8 Å². The van der Waals surface area contributed by atoms with E-state index in [-0.39, 0.29) is 12.1 Å². The smallest absolute Gasteiger partial charge is 0.311 e. The van der Waals surface area contributed by atoms with Gasteiger partial charge in [0, 0.05) is 19.1 Å². The van der Waals surface area contributed by atoms with Gasteiger partial charge in [-0.3, -0.25) is 9.69 Å². The average molecular weight is 279 g/mol. The molecule has 1 saturated carbocycles. The van der Waals surface area contributed by atoms with Crippen LogP contribution < -0.4 is 0 Å². The quantitative estimate of drug-likeness (QED) is 0.573. The van der Waals surface area contributed by atoms with Crippen molar-refractivity contribution in [2.75, 3.05) is 13.1 Å². The van der Waals surface area contributed by atoms with Crippen LogP contribution in [0.15, 0.2) is 12.2 Å². The fourth-order valence-corrected chi connectivity index (χ4v) is 3.14. The van der Waals surface area contributed by atoms with Gasteiger partial charge in [0.1, 0.15) is 6.10 Å². The van der Waals surface area contributed by atoms with Gasteiger partial charge in [-0.25, -0.2) is 0 Å². The molecular weight excluding hydrogens is 250 g/mol. The Morgan fingerprint density at radius 3 is 2.70 bits per heavy atom. The first-order chi connectivity index (χ1) is 9.36. The Labute approximate surface area is 123 Å². The second kappa shape index (κ2) is 6.30. The van der Waals surface area contributed by atoms with Crippen LogP contribution in [0.5, 0.6) is 0 Å². The first kappa shape index (κ1) is 15.6. The Hall–Kier alpha value is -0.830. The molecule has 0 spiro atoms. The van der Waals surface area contributed by atoms with Crippen LogP contribution in [-0.4, -0.2) is 36.1 Å². The topological polar surface area (TPSA) is 29.5 Å². The first-order valence-electron chi connectivity index (χ1n) is 7.98. The predicted octanol–water partition coefficient (Wildman–Crippen LogP) is 3.39. The van der Waals surface area contributed by atoms with Crippen LogP contribution in [-0.2, 0) is 9.53 Å². The molecule has 1 aliphatic heterocycles. The lowest BCUT2D eigenvalue weighted by molar-refractivity contribution is -0.157. The van der Waals surface area contributed by atoms with Crippen molar-refractivity contribution >= 4 is 5.97 Å². The highest BCUT2D eigenvalue weighted by molar-refractivity contribution is 5.75. The number of carbonyl (C=O) groups excluding carboxylic acids is 1. The summed E-state index contributed by atoms with van der Waals surface area (Å²) in [5.74, 6) is 0.723. The number of rotatable bonds is 2. The average Bonchev–Trinajstić information content (AvgIpc) is 2.38. The second-order valence-electron chi connectivity index (χ2n) is 7.50.